The molecule has 1 saturated heterocycles. The van der Waals surface area contributed by atoms with Crippen LogP contribution in [-0.4, -0.2) is 29.6 Å². The van der Waals surface area contributed by atoms with E-state index in [4.69, 9.17) is 0 Å². The summed E-state index contributed by atoms with van der Waals surface area (Å²) in [5, 5.41) is 3.23. The number of aromatic nitrogens is 2. The normalized spacial score (nSPS) is 20.1. The smallest absolute Gasteiger partial charge is 0.137 e. The molecule has 0 aromatic carbocycles. The second-order valence-corrected chi connectivity index (χ2v) is 5.97. The summed E-state index contributed by atoms with van der Waals surface area (Å²) in [4.78, 5) is 11.6. The Hall–Kier alpha value is -1.32. The van der Waals surface area contributed by atoms with Crippen LogP contribution in [0.25, 0.3) is 0 Å². The molecule has 0 spiro atoms. The molecule has 0 saturated carbocycles. The van der Waals surface area contributed by atoms with Crippen molar-refractivity contribution < 1.29 is 0 Å². The molecule has 112 valence electrons. The topological polar surface area (TPSA) is 41.1 Å². The van der Waals surface area contributed by atoms with Crippen LogP contribution in [0.2, 0.25) is 0 Å². The SMILES string of the molecule is CCC1CCCCCN1c1ncnc(NC)c1C(C)C. The molecule has 0 radical (unpaired) electrons. The van der Waals surface area contributed by atoms with Gasteiger partial charge in [-0.25, -0.2) is 9.97 Å². The van der Waals surface area contributed by atoms with Crippen molar-refractivity contribution in [2.75, 3.05) is 23.8 Å². The average Bonchev–Trinajstić information content (AvgIpc) is 2.71. The van der Waals surface area contributed by atoms with Gasteiger partial charge in [-0.3, -0.25) is 0 Å². The quantitative estimate of drug-likeness (QED) is 0.908. The van der Waals surface area contributed by atoms with Gasteiger partial charge in [0.15, 0.2) is 0 Å². The summed E-state index contributed by atoms with van der Waals surface area (Å²) in [6.45, 7) is 7.86. The van der Waals surface area contributed by atoms with E-state index in [9.17, 15) is 0 Å². The molecule has 0 aliphatic carbocycles. The molecule has 1 fully saturated rings. The minimum atomic E-state index is 0.425. The molecule has 0 bridgehead atoms. The van der Waals surface area contributed by atoms with Gasteiger partial charge in [-0.05, 0) is 25.2 Å². The molecular weight excluding hydrogens is 248 g/mol. The van der Waals surface area contributed by atoms with Crippen LogP contribution in [0.4, 0.5) is 11.6 Å². The van der Waals surface area contributed by atoms with E-state index in [1.165, 1.54) is 37.7 Å². The second-order valence-electron chi connectivity index (χ2n) is 5.97. The summed E-state index contributed by atoms with van der Waals surface area (Å²) in [6, 6.07) is 0.620. The average molecular weight is 276 g/mol. The van der Waals surface area contributed by atoms with Crippen molar-refractivity contribution in [2.45, 2.75) is 64.8 Å². The summed E-state index contributed by atoms with van der Waals surface area (Å²) in [5.74, 6) is 2.55. The lowest BCUT2D eigenvalue weighted by Crippen LogP contribution is -2.36. The van der Waals surface area contributed by atoms with Gasteiger partial charge in [-0.2, -0.15) is 0 Å². The fourth-order valence-corrected chi connectivity index (χ4v) is 3.23. The molecule has 1 atom stereocenters. The lowest BCUT2D eigenvalue weighted by atomic mass is 10.0. The third-order valence-corrected chi connectivity index (χ3v) is 4.30. The van der Waals surface area contributed by atoms with Crippen molar-refractivity contribution in [3.05, 3.63) is 11.9 Å². The number of hydrogen-bond donors (Lipinski definition) is 1. The molecule has 20 heavy (non-hydrogen) atoms. The highest BCUT2D eigenvalue weighted by atomic mass is 15.2. The second kappa shape index (κ2) is 6.91. The molecule has 1 N–H and O–H groups in total. The Labute approximate surface area is 123 Å². The highest BCUT2D eigenvalue weighted by molar-refractivity contribution is 5.60. The van der Waals surface area contributed by atoms with Gasteiger partial charge in [-0.1, -0.05) is 33.6 Å². The molecule has 1 unspecified atom stereocenters. The Morgan fingerprint density at radius 3 is 2.75 bits per heavy atom. The van der Waals surface area contributed by atoms with Gasteiger partial charge in [0.05, 0.1) is 0 Å². The molecule has 2 heterocycles. The lowest BCUT2D eigenvalue weighted by molar-refractivity contribution is 0.549. The minimum Gasteiger partial charge on any atom is -0.373 e. The number of nitrogens with one attached hydrogen (secondary N) is 1. The van der Waals surface area contributed by atoms with Crippen molar-refractivity contribution in [1.29, 1.82) is 0 Å². The molecule has 2 rings (SSSR count). The Morgan fingerprint density at radius 1 is 1.30 bits per heavy atom. The van der Waals surface area contributed by atoms with E-state index in [-0.39, 0.29) is 0 Å². The molecular formula is C16H28N4. The zero-order valence-corrected chi connectivity index (χ0v) is 13.3. The maximum absolute atomic E-state index is 4.65. The first-order valence-corrected chi connectivity index (χ1v) is 7.98. The van der Waals surface area contributed by atoms with E-state index in [0.29, 0.717) is 12.0 Å². The highest BCUT2D eigenvalue weighted by Gasteiger charge is 2.25. The van der Waals surface area contributed by atoms with E-state index in [1.54, 1.807) is 6.33 Å². The fourth-order valence-electron chi connectivity index (χ4n) is 3.23. The first-order valence-electron chi connectivity index (χ1n) is 7.98. The van der Waals surface area contributed by atoms with E-state index >= 15 is 0 Å². The molecule has 0 amide bonds. The summed E-state index contributed by atoms with van der Waals surface area (Å²) < 4.78 is 0. The Kier molecular flexibility index (Phi) is 5.21. The van der Waals surface area contributed by atoms with Crippen LogP contribution in [0.1, 0.15) is 64.4 Å². The van der Waals surface area contributed by atoms with Gasteiger partial charge in [0.1, 0.15) is 18.0 Å². The lowest BCUT2D eigenvalue weighted by Gasteiger charge is -2.33. The van der Waals surface area contributed by atoms with Gasteiger partial charge >= 0.3 is 0 Å². The third-order valence-electron chi connectivity index (χ3n) is 4.30. The van der Waals surface area contributed by atoms with Gasteiger partial charge in [0.25, 0.3) is 0 Å². The number of rotatable bonds is 4. The Morgan fingerprint density at radius 2 is 2.10 bits per heavy atom. The van der Waals surface area contributed by atoms with E-state index in [0.717, 1.165) is 18.2 Å². The van der Waals surface area contributed by atoms with Crippen molar-refractivity contribution in [2.24, 2.45) is 0 Å². The summed E-state index contributed by atoms with van der Waals surface area (Å²) in [5.41, 5.74) is 1.26. The van der Waals surface area contributed by atoms with Gasteiger partial charge in [0.2, 0.25) is 0 Å². The highest BCUT2D eigenvalue weighted by Crippen LogP contribution is 2.34. The van der Waals surface area contributed by atoms with Gasteiger partial charge in [-0.15, -0.1) is 0 Å². The Bertz CT molecular complexity index is 430. The zero-order chi connectivity index (χ0) is 14.5. The van der Waals surface area contributed by atoms with Crippen molar-refractivity contribution >= 4 is 11.6 Å². The Balaban J connectivity index is 2.43. The van der Waals surface area contributed by atoms with Crippen LogP contribution in [0.3, 0.4) is 0 Å². The molecule has 1 aromatic heterocycles. The third kappa shape index (κ3) is 3.05. The molecule has 1 aliphatic rings. The van der Waals surface area contributed by atoms with Crippen LogP contribution >= 0.6 is 0 Å². The maximum atomic E-state index is 4.65. The van der Waals surface area contributed by atoms with E-state index < -0.39 is 0 Å². The summed E-state index contributed by atoms with van der Waals surface area (Å²) in [7, 11) is 1.94. The monoisotopic (exact) mass is 276 g/mol. The van der Waals surface area contributed by atoms with Crippen LogP contribution in [0.15, 0.2) is 6.33 Å². The first kappa shape index (κ1) is 15.1. The van der Waals surface area contributed by atoms with Crippen LogP contribution < -0.4 is 10.2 Å². The van der Waals surface area contributed by atoms with Crippen LogP contribution in [0.5, 0.6) is 0 Å². The van der Waals surface area contributed by atoms with Crippen molar-refractivity contribution in [3.63, 3.8) is 0 Å². The number of anilines is 2. The number of nitrogens with zero attached hydrogens (tertiary/aromatic N) is 3. The van der Waals surface area contributed by atoms with Gasteiger partial charge in [0, 0.05) is 25.2 Å². The molecule has 1 aliphatic heterocycles. The van der Waals surface area contributed by atoms with Gasteiger partial charge < -0.3 is 10.2 Å². The minimum absolute atomic E-state index is 0.425. The summed E-state index contributed by atoms with van der Waals surface area (Å²) in [6.07, 6.45) is 8.13. The maximum Gasteiger partial charge on any atom is 0.137 e. The predicted octanol–water partition coefficient (Wildman–Crippen LogP) is 3.80. The van der Waals surface area contributed by atoms with Crippen molar-refractivity contribution in [3.8, 4) is 0 Å². The van der Waals surface area contributed by atoms with E-state index in [2.05, 4.69) is 41.0 Å². The molecule has 4 heteroatoms. The molecule has 1 aromatic rings. The zero-order valence-electron chi connectivity index (χ0n) is 13.3. The fraction of sp³-hybridized carbons (Fsp3) is 0.750. The standard InChI is InChI=1S/C16H28N4/c1-5-13-9-7-6-8-10-20(13)16-14(12(2)3)15(17-4)18-11-19-16/h11-13H,5-10H2,1-4H3,(H,17,18,19). The van der Waals surface area contributed by atoms with Crippen molar-refractivity contribution in [1.82, 2.24) is 9.97 Å². The summed E-state index contributed by atoms with van der Waals surface area (Å²) >= 11 is 0. The first-order chi connectivity index (χ1) is 9.69. The largest absolute Gasteiger partial charge is 0.373 e. The number of hydrogen-bond acceptors (Lipinski definition) is 4. The van der Waals surface area contributed by atoms with E-state index in [1.807, 2.05) is 7.05 Å². The molecule has 4 nitrogen and oxygen atoms in total. The van der Waals surface area contributed by atoms with Crippen LogP contribution in [-0.2, 0) is 0 Å². The van der Waals surface area contributed by atoms with Crippen LogP contribution in [0, 0.1) is 0 Å². The predicted molar refractivity (Wildman–Crippen MR) is 85.6 cm³/mol.